The lowest BCUT2D eigenvalue weighted by Crippen LogP contribution is -2.51. The molecule has 2 amide bonds. The molecule has 1 aromatic carbocycles. The van der Waals surface area contributed by atoms with Gasteiger partial charge in [-0.25, -0.2) is 0 Å². The fourth-order valence-corrected chi connectivity index (χ4v) is 2.29. The second-order valence-corrected chi connectivity index (χ2v) is 5.62. The van der Waals surface area contributed by atoms with Gasteiger partial charge >= 0.3 is 11.8 Å². The van der Waals surface area contributed by atoms with Crippen molar-refractivity contribution >= 4 is 11.8 Å². The van der Waals surface area contributed by atoms with Crippen molar-refractivity contribution in [3.8, 4) is 0 Å². The highest BCUT2D eigenvalue weighted by molar-refractivity contribution is 6.34. The molecular formula is C16H23N3O2. The van der Waals surface area contributed by atoms with E-state index in [1.54, 1.807) is 4.90 Å². The summed E-state index contributed by atoms with van der Waals surface area (Å²) in [5.74, 6) is -0.469. The van der Waals surface area contributed by atoms with E-state index in [9.17, 15) is 9.59 Å². The van der Waals surface area contributed by atoms with Crippen LogP contribution >= 0.6 is 0 Å². The zero-order chi connectivity index (χ0) is 15.2. The number of nitrogens with zero attached hydrogens (tertiary/aromatic N) is 1. The molecular weight excluding hydrogens is 266 g/mol. The summed E-state index contributed by atoms with van der Waals surface area (Å²) in [6, 6.07) is 8.10. The Hall–Kier alpha value is -1.88. The van der Waals surface area contributed by atoms with E-state index in [4.69, 9.17) is 0 Å². The van der Waals surface area contributed by atoms with E-state index in [0.717, 1.165) is 18.7 Å². The maximum atomic E-state index is 11.9. The van der Waals surface area contributed by atoms with Gasteiger partial charge < -0.3 is 15.5 Å². The molecule has 2 N–H and O–H groups in total. The van der Waals surface area contributed by atoms with Crippen molar-refractivity contribution < 1.29 is 9.59 Å². The molecule has 1 aliphatic heterocycles. The first-order valence-corrected chi connectivity index (χ1v) is 7.44. The number of carbonyl (C=O) groups excluding carboxylic acids is 2. The lowest BCUT2D eigenvalue weighted by Gasteiger charge is -2.26. The first-order valence-electron chi connectivity index (χ1n) is 7.44. The molecule has 0 aromatic heterocycles. The van der Waals surface area contributed by atoms with Gasteiger partial charge in [0, 0.05) is 32.7 Å². The minimum atomic E-state index is -0.523. The summed E-state index contributed by atoms with van der Waals surface area (Å²) in [4.78, 5) is 25.4. The molecule has 0 bridgehead atoms. The molecule has 5 heteroatoms. The van der Waals surface area contributed by atoms with E-state index >= 15 is 0 Å². The summed E-state index contributed by atoms with van der Waals surface area (Å²) in [5.41, 5.74) is 2.27. The summed E-state index contributed by atoms with van der Waals surface area (Å²) < 4.78 is 0. The van der Waals surface area contributed by atoms with Crippen LogP contribution in [0.15, 0.2) is 24.3 Å². The Morgan fingerprint density at radius 1 is 1.19 bits per heavy atom. The van der Waals surface area contributed by atoms with Gasteiger partial charge in [-0.15, -0.1) is 0 Å². The third kappa shape index (κ3) is 4.29. The highest BCUT2D eigenvalue weighted by atomic mass is 16.2. The van der Waals surface area contributed by atoms with Crippen molar-refractivity contribution in [2.24, 2.45) is 0 Å². The monoisotopic (exact) mass is 289 g/mol. The van der Waals surface area contributed by atoms with E-state index < -0.39 is 11.8 Å². The Kier molecular flexibility index (Phi) is 5.33. The smallest absolute Gasteiger partial charge is 0.311 e. The number of rotatable bonds is 3. The van der Waals surface area contributed by atoms with Crippen molar-refractivity contribution in [1.82, 2.24) is 15.5 Å². The Labute approximate surface area is 125 Å². The SMILES string of the molecule is CC(C)c1ccc(CNC(=O)C(=O)N2CCNCC2)cc1. The van der Waals surface area contributed by atoms with Crippen LogP contribution < -0.4 is 10.6 Å². The van der Waals surface area contributed by atoms with Crippen molar-refractivity contribution in [2.45, 2.75) is 26.3 Å². The summed E-state index contributed by atoms with van der Waals surface area (Å²) in [6.07, 6.45) is 0. The van der Waals surface area contributed by atoms with Crippen LogP contribution in [0.3, 0.4) is 0 Å². The van der Waals surface area contributed by atoms with Gasteiger partial charge in [-0.3, -0.25) is 9.59 Å². The number of amides is 2. The standard InChI is InChI=1S/C16H23N3O2/c1-12(2)14-5-3-13(4-6-14)11-18-15(20)16(21)19-9-7-17-8-10-19/h3-6,12,17H,7-11H2,1-2H3,(H,18,20). The van der Waals surface area contributed by atoms with Crippen molar-refractivity contribution in [2.75, 3.05) is 26.2 Å². The van der Waals surface area contributed by atoms with Gasteiger partial charge in [0.25, 0.3) is 0 Å². The molecule has 114 valence electrons. The Balaban J connectivity index is 1.84. The molecule has 1 aromatic rings. The van der Waals surface area contributed by atoms with Crippen LogP contribution in [0.2, 0.25) is 0 Å². The number of benzene rings is 1. The normalized spacial score (nSPS) is 15.1. The molecule has 2 rings (SSSR count). The largest absolute Gasteiger partial charge is 0.344 e. The predicted molar refractivity (Wildman–Crippen MR) is 81.8 cm³/mol. The van der Waals surface area contributed by atoms with Gasteiger partial charge in [0.05, 0.1) is 0 Å². The van der Waals surface area contributed by atoms with Gasteiger partial charge in [-0.1, -0.05) is 38.1 Å². The molecule has 0 radical (unpaired) electrons. The van der Waals surface area contributed by atoms with Crippen molar-refractivity contribution in [3.05, 3.63) is 35.4 Å². The van der Waals surface area contributed by atoms with E-state index in [2.05, 4.69) is 36.6 Å². The molecule has 1 aliphatic rings. The fraction of sp³-hybridized carbons (Fsp3) is 0.500. The number of hydrogen-bond acceptors (Lipinski definition) is 3. The molecule has 0 saturated carbocycles. The molecule has 5 nitrogen and oxygen atoms in total. The second-order valence-electron chi connectivity index (χ2n) is 5.62. The van der Waals surface area contributed by atoms with E-state index in [1.807, 2.05) is 12.1 Å². The quantitative estimate of drug-likeness (QED) is 0.811. The van der Waals surface area contributed by atoms with Gasteiger partial charge in [-0.05, 0) is 17.0 Å². The van der Waals surface area contributed by atoms with Gasteiger partial charge in [0.15, 0.2) is 0 Å². The second kappa shape index (κ2) is 7.22. The maximum Gasteiger partial charge on any atom is 0.311 e. The molecule has 0 aliphatic carbocycles. The lowest BCUT2D eigenvalue weighted by atomic mass is 10.0. The Morgan fingerprint density at radius 3 is 2.38 bits per heavy atom. The van der Waals surface area contributed by atoms with Gasteiger partial charge in [0.1, 0.15) is 0 Å². The minimum Gasteiger partial charge on any atom is -0.344 e. The van der Waals surface area contributed by atoms with Gasteiger partial charge in [0.2, 0.25) is 0 Å². The summed E-state index contributed by atoms with van der Waals surface area (Å²) in [5, 5.41) is 5.85. The summed E-state index contributed by atoms with van der Waals surface area (Å²) in [6.45, 7) is 7.34. The summed E-state index contributed by atoms with van der Waals surface area (Å²) >= 11 is 0. The average molecular weight is 289 g/mol. The zero-order valence-electron chi connectivity index (χ0n) is 12.7. The van der Waals surface area contributed by atoms with Crippen LogP contribution in [0.25, 0.3) is 0 Å². The lowest BCUT2D eigenvalue weighted by molar-refractivity contribution is -0.146. The number of hydrogen-bond donors (Lipinski definition) is 2. The predicted octanol–water partition coefficient (Wildman–Crippen LogP) is 0.858. The van der Waals surface area contributed by atoms with Crippen LogP contribution in [0.1, 0.15) is 30.9 Å². The van der Waals surface area contributed by atoms with Crippen molar-refractivity contribution in [1.29, 1.82) is 0 Å². The van der Waals surface area contributed by atoms with Gasteiger partial charge in [-0.2, -0.15) is 0 Å². The average Bonchev–Trinajstić information content (AvgIpc) is 2.53. The van der Waals surface area contributed by atoms with E-state index in [-0.39, 0.29) is 0 Å². The molecule has 21 heavy (non-hydrogen) atoms. The Bertz CT molecular complexity index is 491. The van der Waals surface area contributed by atoms with Crippen molar-refractivity contribution in [3.63, 3.8) is 0 Å². The molecule has 1 fully saturated rings. The van der Waals surface area contributed by atoms with Crippen LogP contribution in [0, 0.1) is 0 Å². The first kappa shape index (κ1) is 15.5. The van der Waals surface area contributed by atoms with E-state index in [0.29, 0.717) is 25.6 Å². The maximum absolute atomic E-state index is 11.9. The topological polar surface area (TPSA) is 61.4 Å². The molecule has 1 saturated heterocycles. The Morgan fingerprint density at radius 2 is 1.81 bits per heavy atom. The summed E-state index contributed by atoms with van der Waals surface area (Å²) in [7, 11) is 0. The molecule has 1 heterocycles. The van der Waals surface area contributed by atoms with E-state index in [1.165, 1.54) is 5.56 Å². The highest BCUT2D eigenvalue weighted by Crippen LogP contribution is 2.14. The van der Waals surface area contributed by atoms with Crippen LogP contribution in [-0.4, -0.2) is 42.9 Å². The minimum absolute atomic E-state index is 0.384. The third-order valence-electron chi connectivity index (χ3n) is 3.70. The number of carbonyl (C=O) groups is 2. The van der Waals surface area contributed by atoms with Crippen LogP contribution in [0.4, 0.5) is 0 Å². The first-order chi connectivity index (χ1) is 10.1. The highest BCUT2D eigenvalue weighted by Gasteiger charge is 2.22. The third-order valence-corrected chi connectivity index (χ3v) is 3.70. The molecule has 0 atom stereocenters. The van der Waals surface area contributed by atoms with Crippen LogP contribution in [-0.2, 0) is 16.1 Å². The number of nitrogens with one attached hydrogen (secondary N) is 2. The fourth-order valence-electron chi connectivity index (χ4n) is 2.29. The molecule has 0 spiro atoms. The zero-order valence-corrected chi connectivity index (χ0v) is 12.7. The molecule has 0 unspecified atom stereocenters. The number of piperazine rings is 1. The van der Waals surface area contributed by atoms with Crippen LogP contribution in [0.5, 0.6) is 0 Å².